The largest absolute Gasteiger partial charge is 0.573 e. The number of hydrogen-bond donors (Lipinski definition) is 2. The van der Waals surface area contributed by atoms with Gasteiger partial charge < -0.3 is 15.4 Å². The number of rotatable bonds is 5. The molecule has 1 aliphatic rings. The molecule has 9 heteroatoms. The first-order valence-corrected chi connectivity index (χ1v) is 11.1. The van der Waals surface area contributed by atoms with Crippen molar-refractivity contribution in [2.45, 2.75) is 46.9 Å². The second-order valence-electron chi connectivity index (χ2n) is 6.78. The van der Waals surface area contributed by atoms with Crippen molar-refractivity contribution < 1.29 is 17.9 Å². The van der Waals surface area contributed by atoms with Crippen LogP contribution in [0.25, 0.3) is 16.9 Å². The highest BCUT2D eigenvalue weighted by Crippen LogP contribution is 2.28. The van der Waals surface area contributed by atoms with Gasteiger partial charge in [-0.25, -0.2) is 9.50 Å². The van der Waals surface area contributed by atoms with Crippen LogP contribution < -0.4 is 15.4 Å². The fraction of sp³-hybridized carbons (Fsp3) is 0.478. The number of nitrogens with one attached hydrogen (secondary N) is 2. The number of nitrogens with zero attached hydrogens (tertiary/aromatic N) is 3. The number of anilines is 1. The molecule has 0 atom stereocenters. The minimum absolute atomic E-state index is 0.278. The maximum atomic E-state index is 12.5. The number of hydrogen-bond acceptors (Lipinski definition) is 5. The van der Waals surface area contributed by atoms with E-state index in [2.05, 4.69) is 25.5 Å². The van der Waals surface area contributed by atoms with E-state index in [9.17, 15) is 13.2 Å². The highest BCUT2D eigenvalue weighted by atomic mass is 19.4. The average molecular weight is 452 g/mol. The van der Waals surface area contributed by atoms with E-state index in [1.807, 2.05) is 39.8 Å². The number of alkyl halides is 3. The summed E-state index contributed by atoms with van der Waals surface area (Å²) >= 11 is 0. The van der Waals surface area contributed by atoms with Crippen LogP contribution >= 0.6 is 0 Å². The zero-order valence-electron chi connectivity index (χ0n) is 19.0. The van der Waals surface area contributed by atoms with E-state index in [-0.39, 0.29) is 5.75 Å². The Bertz CT molecular complexity index is 952. The molecule has 2 N–H and O–H groups in total. The van der Waals surface area contributed by atoms with Gasteiger partial charge in [-0.2, -0.15) is 0 Å². The monoisotopic (exact) mass is 451 g/mol. The molecule has 0 aliphatic carbocycles. The number of aromatic nitrogens is 3. The summed E-state index contributed by atoms with van der Waals surface area (Å²) in [5.41, 5.74) is 1.75. The lowest BCUT2D eigenvalue weighted by Crippen LogP contribution is -2.31. The maximum absolute atomic E-state index is 12.5. The summed E-state index contributed by atoms with van der Waals surface area (Å²) in [6, 6.07) is 9.49. The van der Waals surface area contributed by atoms with Crippen LogP contribution in [-0.2, 0) is 0 Å². The number of ether oxygens (including phenoxy) is 1. The summed E-state index contributed by atoms with van der Waals surface area (Å²) in [4.78, 5) is 4.29. The molecule has 0 spiro atoms. The first-order chi connectivity index (χ1) is 15.5. The summed E-state index contributed by atoms with van der Waals surface area (Å²) in [7, 11) is 0. The zero-order chi connectivity index (χ0) is 23.6. The Morgan fingerprint density at radius 2 is 1.81 bits per heavy atom. The smallest absolute Gasteiger partial charge is 0.406 e. The van der Waals surface area contributed by atoms with Gasteiger partial charge in [0.1, 0.15) is 11.6 Å². The van der Waals surface area contributed by atoms with Gasteiger partial charge in [-0.15, -0.1) is 18.3 Å². The van der Waals surface area contributed by atoms with Crippen LogP contribution in [-0.4, -0.2) is 40.6 Å². The van der Waals surface area contributed by atoms with Crippen LogP contribution in [0.3, 0.4) is 0 Å². The van der Waals surface area contributed by atoms with Gasteiger partial charge >= 0.3 is 6.36 Å². The summed E-state index contributed by atoms with van der Waals surface area (Å²) in [5.74, 6) is 1.02. The molecule has 0 radical (unpaired) electrons. The second kappa shape index (κ2) is 12.3. The highest BCUT2D eigenvalue weighted by molar-refractivity contribution is 5.65. The normalized spacial score (nSPS) is 14.1. The Morgan fingerprint density at radius 1 is 1.09 bits per heavy atom. The van der Waals surface area contributed by atoms with E-state index in [0.717, 1.165) is 32.5 Å². The molecule has 3 aromatic rings. The molecule has 0 unspecified atom stereocenters. The second-order valence-corrected chi connectivity index (χ2v) is 6.78. The standard InChI is InChI=1S/C19H20F3N5O.2C2H6/c20-19(21,22)28-15-3-1-2-14(10-15)16-12-25-18-5-4-17(26-27(16)18)24-11-13-6-8-23-9-7-13;2*1-2/h1-5,10,12-13,23H,6-9,11H2,(H,24,26);2*1-2H3. The number of fused-ring (bicyclic) bond motifs is 1. The zero-order valence-corrected chi connectivity index (χ0v) is 19.0. The predicted octanol–water partition coefficient (Wildman–Crippen LogP) is 5.76. The molecule has 0 amide bonds. The van der Waals surface area contributed by atoms with E-state index in [0.29, 0.717) is 28.6 Å². The van der Waals surface area contributed by atoms with Crippen molar-refractivity contribution in [3.63, 3.8) is 0 Å². The lowest BCUT2D eigenvalue weighted by Gasteiger charge is -2.22. The average Bonchev–Trinajstić information content (AvgIpc) is 3.23. The Labute approximate surface area is 187 Å². The van der Waals surface area contributed by atoms with Crippen molar-refractivity contribution in [2.75, 3.05) is 25.0 Å². The van der Waals surface area contributed by atoms with Crippen molar-refractivity contribution in [1.29, 1.82) is 0 Å². The fourth-order valence-corrected chi connectivity index (χ4v) is 3.35. The van der Waals surface area contributed by atoms with E-state index in [4.69, 9.17) is 0 Å². The van der Waals surface area contributed by atoms with Crippen LogP contribution in [0, 0.1) is 5.92 Å². The number of benzene rings is 1. The molecule has 6 nitrogen and oxygen atoms in total. The Balaban J connectivity index is 0.000000860. The van der Waals surface area contributed by atoms with Crippen molar-refractivity contribution in [1.82, 2.24) is 19.9 Å². The van der Waals surface area contributed by atoms with Crippen LogP contribution in [0.1, 0.15) is 40.5 Å². The predicted molar refractivity (Wildman–Crippen MR) is 122 cm³/mol. The van der Waals surface area contributed by atoms with Crippen molar-refractivity contribution in [3.8, 4) is 17.0 Å². The lowest BCUT2D eigenvalue weighted by atomic mass is 9.98. The Morgan fingerprint density at radius 3 is 2.50 bits per heavy atom. The third-order valence-electron chi connectivity index (χ3n) is 4.76. The third-order valence-corrected chi connectivity index (χ3v) is 4.76. The van der Waals surface area contributed by atoms with Gasteiger partial charge in [0.15, 0.2) is 5.65 Å². The third kappa shape index (κ3) is 7.12. The van der Waals surface area contributed by atoms with E-state index in [1.54, 1.807) is 16.8 Å². The van der Waals surface area contributed by atoms with Gasteiger partial charge in [0, 0.05) is 12.1 Å². The van der Waals surface area contributed by atoms with Crippen LogP contribution in [0.4, 0.5) is 19.0 Å². The van der Waals surface area contributed by atoms with Crippen molar-refractivity contribution in [3.05, 3.63) is 42.6 Å². The topological polar surface area (TPSA) is 63.5 Å². The van der Waals surface area contributed by atoms with Gasteiger partial charge in [-0.1, -0.05) is 39.8 Å². The number of piperidine rings is 1. The van der Waals surface area contributed by atoms with Gasteiger partial charge in [0.2, 0.25) is 0 Å². The Kier molecular flexibility index (Phi) is 9.77. The summed E-state index contributed by atoms with van der Waals surface area (Å²) in [5, 5.41) is 11.3. The van der Waals surface area contributed by atoms with E-state index < -0.39 is 6.36 Å². The number of halogens is 3. The minimum atomic E-state index is -4.73. The summed E-state index contributed by atoms with van der Waals surface area (Å²) in [6.07, 6.45) is -0.900. The molecule has 1 fully saturated rings. The van der Waals surface area contributed by atoms with Gasteiger partial charge in [0.25, 0.3) is 0 Å². The molecule has 0 saturated carbocycles. The summed E-state index contributed by atoms with van der Waals surface area (Å²) < 4.78 is 43.1. The molecule has 1 aromatic carbocycles. The molecular formula is C23H32F3N5O. The van der Waals surface area contributed by atoms with Gasteiger partial charge in [-0.05, 0) is 56.1 Å². The lowest BCUT2D eigenvalue weighted by molar-refractivity contribution is -0.274. The molecule has 3 heterocycles. The summed E-state index contributed by atoms with van der Waals surface area (Å²) in [6.45, 7) is 10.9. The molecule has 0 bridgehead atoms. The van der Waals surface area contributed by atoms with Crippen molar-refractivity contribution in [2.24, 2.45) is 5.92 Å². The molecular weight excluding hydrogens is 419 g/mol. The molecule has 4 rings (SSSR count). The molecule has 1 aliphatic heterocycles. The molecule has 1 saturated heterocycles. The highest BCUT2D eigenvalue weighted by Gasteiger charge is 2.31. The first-order valence-electron chi connectivity index (χ1n) is 11.1. The quantitative estimate of drug-likeness (QED) is 0.517. The fourth-order valence-electron chi connectivity index (χ4n) is 3.35. The van der Waals surface area contributed by atoms with Gasteiger partial charge in [-0.3, -0.25) is 0 Å². The molecule has 32 heavy (non-hydrogen) atoms. The minimum Gasteiger partial charge on any atom is -0.406 e. The Hall–Kier alpha value is -2.81. The van der Waals surface area contributed by atoms with Crippen molar-refractivity contribution >= 4 is 11.5 Å². The SMILES string of the molecule is CC.CC.FC(F)(F)Oc1cccc(-c2cnc3ccc(NCC4CCNCC4)nn23)c1. The van der Waals surface area contributed by atoms with Crippen LogP contribution in [0.2, 0.25) is 0 Å². The van der Waals surface area contributed by atoms with E-state index >= 15 is 0 Å². The van der Waals surface area contributed by atoms with E-state index in [1.165, 1.54) is 18.2 Å². The molecule has 2 aromatic heterocycles. The first kappa shape index (κ1) is 25.5. The number of imidazole rings is 1. The molecule has 176 valence electrons. The van der Waals surface area contributed by atoms with Gasteiger partial charge in [0.05, 0.1) is 11.9 Å². The maximum Gasteiger partial charge on any atom is 0.573 e. The van der Waals surface area contributed by atoms with Crippen LogP contribution in [0.5, 0.6) is 5.75 Å². The van der Waals surface area contributed by atoms with Crippen LogP contribution in [0.15, 0.2) is 42.6 Å².